The van der Waals surface area contributed by atoms with Gasteiger partial charge in [-0.2, -0.15) is 0 Å². The largest absolute Gasteiger partial charge is 0.359 e. The van der Waals surface area contributed by atoms with Crippen molar-refractivity contribution in [1.82, 2.24) is 5.32 Å². The van der Waals surface area contributed by atoms with Crippen LogP contribution in [0.2, 0.25) is 0 Å². The van der Waals surface area contributed by atoms with Gasteiger partial charge in [0.1, 0.15) is 0 Å². The number of rotatable bonds is 6. The maximum Gasteiger partial charge on any atom is 0.253 e. The zero-order valence-electron chi connectivity index (χ0n) is 15.7. The Hall–Kier alpha value is -2.92. The minimum absolute atomic E-state index is 0.202. The summed E-state index contributed by atoms with van der Waals surface area (Å²) in [5, 5.41) is 6.04. The molecule has 28 heavy (non-hydrogen) atoms. The maximum atomic E-state index is 13.1. The molecule has 5 heteroatoms. The Morgan fingerprint density at radius 1 is 0.857 bits per heavy atom. The summed E-state index contributed by atoms with van der Waals surface area (Å²) in [6.45, 7) is 3.95. The van der Waals surface area contributed by atoms with E-state index >= 15 is 0 Å². The number of amides is 1. The molecule has 3 aromatic carbocycles. The van der Waals surface area contributed by atoms with E-state index < -0.39 is 6.17 Å². The van der Waals surface area contributed by atoms with Crippen molar-refractivity contribution in [1.29, 1.82) is 0 Å². The predicted octanol–water partition coefficient (Wildman–Crippen LogP) is 5.12. The molecular weight excluding hydrogens is 416 g/mol. The van der Waals surface area contributed by atoms with Crippen molar-refractivity contribution >= 4 is 33.3 Å². The molecule has 142 valence electrons. The fraction of sp³-hybridized carbons (Fsp3) is 0.130. The first-order valence-corrected chi connectivity index (χ1v) is 9.73. The lowest BCUT2D eigenvalue weighted by atomic mass is 10.1. The molecule has 0 aliphatic carbocycles. The summed E-state index contributed by atoms with van der Waals surface area (Å²) in [6.07, 6.45) is -0.890. The van der Waals surface area contributed by atoms with E-state index in [1.807, 2.05) is 38.1 Å². The lowest BCUT2D eigenvalue weighted by Crippen LogP contribution is -2.46. The van der Waals surface area contributed by atoms with Crippen molar-refractivity contribution in [3.63, 3.8) is 0 Å². The number of carbonyl (C=O) groups excluding carboxylic acids is 2. The van der Waals surface area contributed by atoms with Gasteiger partial charge in [0.05, 0.1) is 0 Å². The van der Waals surface area contributed by atoms with Crippen LogP contribution in [-0.4, -0.2) is 17.9 Å². The van der Waals surface area contributed by atoms with Crippen molar-refractivity contribution in [3.8, 4) is 0 Å². The third kappa shape index (κ3) is 4.87. The van der Waals surface area contributed by atoms with Gasteiger partial charge in [0, 0.05) is 21.3 Å². The number of Topliss-reactive ketones (excluding diaryl/α,β-unsaturated/α-hetero) is 1. The molecule has 0 aromatic heterocycles. The molecule has 0 fully saturated rings. The minimum Gasteiger partial charge on any atom is -0.359 e. The molecule has 0 heterocycles. The van der Waals surface area contributed by atoms with Crippen LogP contribution in [0.25, 0.3) is 0 Å². The summed E-state index contributed by atoms with van der Waals surface area (Å²) in [5.41, 5.74) is 3.89. The molecule has 1 unspecified atom stereocenters. The lowest BCUT2D eigenvalue weighted by Gasteiger charge is -2.22. The van der Waals surface area contributed by atoms with Crippen LogP contribution in [0.1, 0.15) is 31.8 Å². The lowest BCUT2D eigenvalue weighted by molar-refractivity contribution is 0.0869. The molecule has 0 radical (unpaired) electrons. The fourth-order valence-corrected chi connectivity index (χ4v) is 3.06. The molecule has 4 nitrogen and oxygen atoms in total. The van der Waals surface area contributed by atoms with Gasteiger partial charge in [-0.1, -0.05) is 58.4 Å². The Labute approximate surface area is 173 Å². The van der Waals surface area contributed by atoms with E-state index in [-0.39, 0.29) is 11.7 Å². The molecule has 1 atom stereocenters. The molecule has 0 spiro atoms. The highest BCUT2D eigenvalue weighted by atomic mass is 79.9. The third-order valence-corrected chi connectivity index (χ3v) is 4.92. The molecule has 0 bridgehead atoms. The van der Waals surface area contributed by atoms with Crippen molar-refractivity contribution in [2.24, 2.45) is 0 Å². The Bertz CT molecular complexity index is 985. The molecule has 3 aromatic rings. The Morgan fingerprint density at radius 3 is 2.21 bits per heavy atom. The molecular formula is C23H21BrN2O2. The molecule has 0 aliphatic rings. The summed E-state index contributed by atoms with van der Waals surface area (Å²) in [5.74, 6) is -0.522. The van der Waals surface area contributed by atoms with Crippen molar-refractivity contribution in [2.45, 2.75) is 20.0 Å². The first kappa shape index (κ1) is 19.8. The number of hydrogen-bond acceptors (Lipinski definition) is 3. The Balaban J connectivity index is 1.89. The van der Waals surface area contributed by atoms with Gasteiger partial charge < -0.3 is 10.6 Å². The first-order chi connectivity index (χ1) is 13.4. The van der Waals surface area contributed by atoms with E-state index in [9.17, 15) is 9.59 Å². The summed E-state index contributed by atoms with van der Waals surface area (Å²) in [6, 6.07) is 21.9. The van der Waals surface area contributed by atoms with Gasteiger partial charge in [0.25, 0.3) is 5.91 Å². The maximum absolute atomic E-state index is 13.1. The van der Waals surface area contributed by atoms with Gasteiger partial charge in [0.15, 0.2) is 6.17 Å². The van der Waals surface area contributed by atoms with Crippen LogP contribution in [0.3, 0.4) is 0 Å². The van der Waals surface area contributed by atoms with Gasteiger partial charge in [0.2, 0.25) is 5.78 Å². The van der Waals surface area contributed by atoms with E-state index in [0.717, 1.165) is 21.3 Å². The van der Waals surface area contributed by atoms with Crippen LogP contribution >= 0.6 is 15.9 Å². The minimum atomic E-state index is -0.890. The number of carbonyl (C=O) groups is 2. The smallest absolute Gasteiger partial charge is 0.253 e. The number of hydrogen-bond donors (Lipinski definition) is 2. The van der Waals surface area contributed by atoms with E-state index in [4.69, 9.17) is 0 Å². The summed E-state index contributed by atoms with van der Waals surface area (Å²) in [4.78, 5) is 25.8. The van der Waals surface area contributed by atoms with Crippen LogP contribution in [0, 0.1) is 13.8 Å². The highest BCUT2D eigenvalue weighted by molar-refractivity contribution is 9.10. The third-order valence-electron chi connectivity index (χ3n) is 4.40. The van der Waals surface area contributed by atoms with E-state index in [1.165, 1.54) is 0 Å². The molecule has 2 N–H and O–H groups in total. The highest BCUT2D eigenvalue weighted by Gasteiger charge is 2.23. The number of benzene rings is 3. The molecule has 1 amide bonds. The zero-order valence-corrected chi connectivity index (χ0v) is 17.3. The van der Waals surface area contributed by atoms with Crippen LogP contribution < -0.4 is 10.6 Å². The zero-order chi connectivity index (χ0) is 20.1. The standard InChI is InChI=1S/C23H21BrN2O2/c1-15-8-9-16(2)20(14-15)25-22(21(27)17-6-4-3-5-7-17)26-23(28)18-10-12-19(24)13-11-18/h3-14,22,25H,1-2H3,(H,26,28). The normalized spacial score (nSPS) is 11.5. The van der Waals surface area contributed by atoms with Gasteiger partial charge >= 0.3 is 0 Å². The van der Waals surface area contributed by atoms with Gasteiger partial charge in [-0.15, -0.1) is 0 Å². The van der Waals surface area contributed by atoms with Crippen LogP contribution in [-0.2, 0) is 0 Å². The second-order valence-corrected chi connectivity index (χ2v) is 7.52. The number of anilines is 1. The van der Waals surface area contributed by atoms with Crippen molar-refractivity contribution < 1.29 is 9.59 Å². The quantitative estimate of drug-likeness (QED) is 0.416. The van der Waals surface area contributed by atoms with Crippen molar-refractivity contribution in [3.05, 3.63) is 99.5 Å². The van der Waals surface area contributed by atoms with Gasteiger partial charge in [-0.3, -0.25) is 9.59 Å². The topological polar surface area (TPSA) is 58.2 Å². The molecule has 0 saturated heterocycles. The molecule has 3 rings (SSSR count). The Kier molecular flexibility index (Phi) is 6.26. The first-order valence-electron chi connectivity index (χ1n) is 8.93. The number of aryl methyl sites for hydroxylation is 2. The number of ketones is 1. The van der Waals surface area contributed by atoms with Crippen molar-refractivity contribution in [2.75, 3.05) is 5.32 Å². The summed E-state index contributed by atoms with van der Waals surface area (Å²) < 4.78 is 0.884. The molecule has 0 aliphatic heterocycles. The summed E-state index contributed by atoms with van der Waals surface area (Å²) in [7, 11) is 0. The average Bonchev–Trinajstić information content (AvgIpc) is 2.70. The van der Waals surface area contributed by atoms with Crippen LogP contribution in [0.5, 0.6) is 0 Å². The second-order valence-electron chi connectivity index (χ2n) is 6.61. The fourth-order valence-electron chi connectivity index (χ4n) is 2.80. The molecule has 0 saturated carbocycles. The summed E-state index contributed by atoms with van der Waals surface area (Å²) >= 11 is 3.36. The van der Waals surface area contributed by atoms with E-state index in [0.29, 0.717) is 11.1 Å². The van der Waals surface area contributed by atoms with E-state index in [1.54, 1.807) is 48.5 Å². The number of halogens is 1. The van der Waals surface area contributed by atoms with Crippen LogP contribution in [0.4, 0.5) is 5.69 Å². The van der Waals surface area contributed by atoms with E-state index in [2.05, 4.69) is 26.6 Å². The number of nitrogens with one attached hydrogen (secondary N) is 2. The highest BCUT2D eigenvalue weighted by Crippen LogP contribution is 2.18. The second kappa shape index (κ2) is 8.85. The van der Waals surface area contributed by atoms with Gasteiger partial charge in [-0.05, 0) is 55.3 Å². The van der Waals surface area contributed by atoms with Crippen LogP contribution in [0.15, 0.2) is 77.3 Å². The van der Waals surface area contributed by atoms with Gasteiger partial charge in [-0.25, -0.2) is 0 Å². The predicted molar refractivity (Wildman–Crippen MR) is 116 cm³/mol. The monoisotopic (exact) mass is 436 g/mol. The SMILES string of the molecule is Cc1ccc(C)c(NC(NC(=O)c2ccc(Br)cc2)C(=O)c2ccccc2)c1. The Morgan fingerprint density at radius 2 is 1.54 bits per heavy atom. The average molecular weight is 437 g/mol.